The zero-order chi connectivity index (χ0) is 20.4. The molecule has 29 heavy (non-hydrogen) atoms. The van der Waals surface area contributed by atoms with Crippen molar-refractivity contribution in [1.82, 2.24) is 4.98 Å². The fraction of sp³-hybridized carbons (Fsp3) is 0.250. The fourth-order valence-corrected chi connectivity index (χ4v) is 4.38. The second kappa shape index (κ2) is 7.96. The first-order valence-electron chi connectivity index (χ1n) is 9.28. The van der Waals surface area contributed by atoms with E-state index in [1.165, 1.54) is 23.5 Å². The van der Waals surface area contributed by atoms with E-state index in [9.17, 15) is 20.2 Å². The zero-order valence-corrected chi connectivity index (χ0v) is 16.3. The van der Waals surface area contributed by atoms with Crippen molar-refractivity contribution in [2.75, 3.05) is 18.0 Å². The van der Waals surface area contributed by atoms with Crippen molar-refractivity contribution in [2.24, 2.45) is 0 Å². The van der Waals surface area contributed by atoms with Crippen LogP contribution in [0, 0.1) is 20.2 Å². The van der Waals surface area contributed by atoms with Crippen LogP contribution in [0.3, 0.4) is 0 Å². The average Bonchev–Trinajstić information content (AvgIpc) is 3.14. The molecule has 2 aromatic carbocycles. The quantitative estimate of drug-likeness (QED) is 0.419. The Morgan fingerprint density at radius 2 is 1.76 bits per heavy atom. The third-order valence-corrected chi connectivity index (χ3v) is 5.89. The van der Waals surface area contributed by atoms with Gasteiger partial charge in [0.1, 0.15) is 10.7 Å². The minimum Gasteiger partial charge on any atom is -0.366 e. The van der Waals surface area contributed by atoms with Gasteiger partial charge in [0.15, 0.2) is 0 Å². The molecular formula is C20H18N4O4S. The molecule has 148 valence electrons. The second-order valence-corrected chi connectivity index (χ2v) is 7.91. The van der Waals surface area contributed by atoms with Gasteiger partial charge in [0, 0.05) is 31.3 Å². The van der Waals surface area contributed by atoms with Crippen molar-refractivity contribution in [3.8, 4) is 0 Å². The minimum absolute atomic E-state index is 0.0283. The molecule has 1 fully saturated rings. The van der Waals surface area contributed by atoms with Gasteiger partial charge in [0.2, 0.25) is 0 Å². The summed E-state index contributed by atoms with van der Waals surface area (Å²) in [5, 5.41) is 23.2. The molecule has 0 radical (unpaired) electrons. The van der Waals surface area contributed by atoms with Crippen LogP contribution >= 0.6 is 11.3 Å². The molecular weight excluding hydrogens is 392 g/mol. The number of benzene rings is 2. The van der Waals surface area contributed by atoms with Gasteiger partial charge in [-0.05, 0) is 43.0 Å². The molecule has 0 aliphatic carbocycles. The van der Waals surface area contributed by atoms with E-state index in [4.69, 9.17) is 0 Å². The molecule has 0 N–H and O–H groups in total. The van der Waals surface area contributed by atoms with Gasteiger partial charge in [-0.3, -0.25) is 20.2 Å². The molecule has 0 atom stereocenters. The van der Waals surface area contributed by atoms with E-state index in [2.05, 4.69) is 9.88 Å². The molecule has 1 aliphatic rings. The highest BCUT2D eigenvalue weighted by Crippen LogP contribution is 2.32. The van der Waals surface area contributed by atoms with Crippen LogP contribution in [0.5, 0.6) is 0 Å². The summed E-state index contributed by atoms with van der Waals surface area (Å²) in [7, 11) is 0. The third kappa shape index (κ3) is 4.09. The van der Waals surface area contributed by atoms with Crippen molar-refractivity contribution in [3.63, 3.8) is 0 Å². The normalized spacial score (nSPS) is 14.6. The number of nitrogens with zero attached hydrogens (tertiary/aromatic N) is 4. The lowest BCUT2D eigenvalue weighted by Crippen LogP contribution is -2.29. The number of hydrogen-bond donors (Lipinski definition) is 0. The van der Waals surface area contributed by atoms with E-state index < -0.39 is 4.92 Å². The van der Waals surface area contributed by atoms with Crippen molar-refractivity contribution in [2.45, 2.75) is 19.3 Å². The maximum Gasteiger partial charge on any atom is 0.293 e. The lowest BCUT2D eigenvalue weighted by atomic mass is 10.1. The Kier molecular flexibility index (Phi) is 5.22. The molecule has 0 saturated carbocycles. The Hall–Kier alpha value is -3.33. The molecule has 0 unspecified atom stereocenters. The van der Waals surface area contributed by atoms with E-state index >= 15 is 0 Å². The Morgan fingerprint density at radius 3 is 2.48 bits per heavy atom. The van der Waals surface area contributed by atoms with Gasteiger partial charge >= 0.3 is 0 Å². The largest absolute Gasteiger partial charge is 0.366 e. The van der Waals surface area contributed by atoms with Gasteiger partial charge in [-0.15, -0.1) is 11.3 Å². The van der Waals surface area contributed by atoms with Gasteiger partial charge < -0.3 is 4.90 Å². The number of aromatic nitrogens is 1. The number of non-ortho nitro benzene ring substituents is 1. The fourth-order valence-electron chi connectivity index (χ4n) is 3.48. The zero-order valence-electron chi connectivity index (χ0n) is 15.5. The molecule has 9 heteroatoms. The summed E-state index contributed by atoms with van der Waals surface area (Å²) in [5.41, 5.74) is 2.20. The highest BCUT2D eigenvalue weighted by Gasteiger charge is 2.21. The molecule has 8 nitrogen and oxygen atoms in total. The van der Waals surface area contributed by atoms with Crippen LogP contribution in [0.1, 0.15) is 29.8 Å². The van der Waals surface area contributed by atoms with Crippen molar-refractivity contribution >= 4 is 50.8 Å². The van der Waals surface area contributed by atoms with E-state index in [1.807, 2.05) is 12.1 Å². The first-order valence-corrected chi connectivity index (χ1v) is 10.1. The number of nitro groups is 2. The highest BCUT2D eigenvalue weighted by atomic mass is 32.1. The van der Waals surface area contributed by atoms with Crippen LogP contribution < -0.4 is 4.90 Å². The van der Waals surface area contributed by atoms with Crippen LogP contribution in [-0.2, 0) is 0 Å². The van der Waals surface area contributed by atoms with E-state index in [0.29, 0.717) is 21.8 Å². The van der Waals surface area contributed by atoms with Gasteiger partial charge in [0.05, 0.1) is 20.1 Å². The van der Waals surface area contributed by atoms with Crippen LogP contribution in [-0.4, -0.2) is 27.9 Å². The van der Waals surface area contributed by atoms with Gasteiger partial charge in [0.25, 0.3) is 11.4 Å². The summed E-state index contributed by atoms with van der Waals surface area (Å²) in [5.74, 6) is 0. The number of nitro benzene ring substituents is 2. The Labute approximate surface area is 170 Å². The van der Waals surface area contributed by atoms with Crippen LogP contribution in [0.4, 0.5) is 17.1 Å². The van der Waals surface area contributed by atoms with Crippen LogP contribution in [0.25, 0.3) is 22.4 Å². The summed E-state index contributed by atoms with van der Waals surface area (Å²) < 4.78 is 0.727. The van der Waals surface area contributed by atoms with E-state index in [-0.39, 0.29) is 16.3 Å². The second-order valence-electron chi connectivity index (χ2n) is 6.85. The van der Waals surface area contributed by atoms with E-state index in [1.54, 1.807) is 24.3 Å². The SMILES string of the molecule is O=[N+]([O-])c1ccc2nc(C=Cc3ccc(N4CCCCC4)c([N+](=O)[O-])c3)sc2c1. The van der Waals surface area contributed by atoms with Crippen molar-refractivity contribution < 1.29 is 9.85 Å². The summed E-state index contributed by atoms with van der Waals surface area (Å²) in [6, 6.07) is 9.81. The molecule has 0 amide bonds. The maximum atomic E-state index is 11.6. The first kappa shape index (κ1) is 19.0. The molecule has 1 aliphatic heterocycles. The molecule has 3 aromatic rings. The average molecular weight is 410 g/mol. The number of anilines is 1. The van der Waals surface area contributed by atoms with Crippen molar-refractivity contribution in [1.29, 1.82) is 0 Å². The topological polar surface area (TPSA) is 102 Å². The Balaban J connectivity index is 1.60. The lowest BCUT2D eigenvalue weighted by Gasteiger charge is -2.28. The monoisotopic (exact) mass is 410 g/mol. The maximum absolute atomic E-state index is 11.6. The highest BCUT2D eigenvalue weighted by molar-refractivity contribution is 7.19. The van der Waals surface area contributed by atoms with Gasteiger partial charge in [-0.2, -0.15) is 0 Å². The molecule has 0 bridgehead atoms. The minimum atomic E-state index is -0.433. The number of fused-ring (bicyclic) bond motifs is 1. The van der Waals surface area contributed by atoms with Crippen molar-refractivity contribution in [3.05, 3.63) is 67.2 Å². The summed E-state index contributed by atoms with van der Waals surface area (Å²) in [6.07, 6.45) is 6.81. The van der Waals surface area contributed by atoms with Gasteiger partial charge in [-0.25, -0.2) is 4.98 Å². The number of thiazole rings is 1. The summed E-state index contributed by atoms with van der Waals surface area (Å²) >= 11 is 1.34. The molecule has 1 saturated heterocycles. The summed E-state index contributed by atoms with van der Waals surface area (Å²) in [6.45, 7) is 1.68. The third-order valence-electron chi connectivity index (χ3n) is 4.91. The molecule has 2 heterocycles. The molecule has 0 spiro atoms. The number of rotatable bonds is 5. The predicted octanol–water partition coefficient (Wildman–Crippen LogP) is 5.27. The number of hydrogen-bond acceptors (Lipinski definition) is 7. The lowest BCUT2D eigenvalue weighted by molar-refractivity contribution is -0.384. The van der Waals surface area contributed by atoms with Gasteiger partial charge in [-0.1, -0.05) is 12.1 Å². The Bertz CT molecular complexity index is 1120. The van der Waals surface area contributed by atoms with Crippen LogP contribution in [0.15, 0.2) is 36.4 Å². The standard InChI is InChI=1S/C20H18N4O4S/c25-23(26)15-6-7-16-19(13-15)29-20(21-16)9-5-14-4-8-17(18(12-14)24(27)28)22-10-2-1-3-11-22/h4-9,12-13H,1-3,10-11H2. The van der Waals surface area contributed by atoms with E-state index in [0.717, 1.165) is 37.1 Å². The Morgan fingerprint density at radius 1 is 0.966 bits per heavy atom. The van der Waals surface area contributed by atoms with Crippen LogP contribution in [0.2, 0.25) is 0 Å². The number of piperidine rings is 1. The molecule has 4 rings (SSSR count). The smallest absolute Gasteiger partial charge is 0.293 e. The molecule has 1 aromatic heterocycles. The first-order chi connectivity index (χ1) is 14.0. The predicted molar refractivity (Wildman–Crippen MR) is 114 cm³/mol. The summed E-state index contributed by atoms with van der Waals surface area (Å²) in [4.78, 5) is 28.2.